The molecule has 0 saturated heterocycles. The van der Waals surface area contributed by atoms with Crippen LogP contribution in [0.3, 0.4) is 0 Å². The predicted molar refractivity (Wildman–Crippen MR) is 66.4 cm³/mol. The van der Waals surface area contributed by atoms with Crippen molar-refractivity contribution in [2.75, 3.05) is 7.11 Å². The van der Waals surface area contributed by atoms with Gasteiger partial charge in [0, 0.05) is 7.11 Å². The number of hydrogen-bond donors (Lipinski definition) is 1. The lowest BCUT2D eigenvalue weighted by molar-refractivity contribution is 0.00276. The average molecular weight is 240 g/mol. The molecule has 17 heavy (non-hydrogen) atoms. The molecule has 0 aliphatic heterocycles. The lowest BCUT2D eigenvalue weighted by atomic mass is 9.96. The largest absolute Gasteiger partial charge is 0.388 e. The summed E-state index contributed by atoms with van der Waals surface area (Å²) in [4.78, 5) is 0. The van der Waals surface area contributed by atoms with Crippen molar-refractivity contribution in [3.05, 3.63) is 35.1 Å². The van der Waals surface area contributed by atoms with Crippen molar-refractivity contribution in [3.63, 3.8) is 0 Å². The molecule has 1 aromatic carbocycles. The van der Waals surface area contributed by atoms with Gasteiger partial charge in [0.25, 0.3) is 0 Å². The first-order valence-corrected chi connectivity index (χ1v) is 5.84. The standard InChI is InChI=1S/C14H21FO2/c1-10-7-11(9-12(15)8-10)13(16)5-6-14(2,3)17-4/h7-9,13,16H,5-6H2,1-4H3. The van der Waals surface area contributed by atoms with Crippen molar-refractivity contribution in [1.29, 1.82) is 0 Å². The van der Waals surface area contributed by atoms with E-state index < -0.39 is 6.10 Å². The summed E-state index contributed by atoms with van der Waals surface area (Å²) in [6.45, 7) is 5.76. The van der Waals surface area contributed by atoms with E-state index in [2.05, 4.69) is 0 Å². The number of aryl methyl sites for hydroxylation is 1. The fourth-order valence-corrected chi connectivity index (χ4v) is 1.71. The van der Waals surface area contributed by atoms with E-state index in [-0.39, 0.29) is 11.4 Å². The summed E-state index contributed by atoms with van der Waals surface area (Å²) in [7, 11) is 1.65. The zero-order valence-electron chi connectivity index (χ0n) is 11.0. The van der Waals surface area contributed by atoms with Crippen LogP contribution in [0.25, 0.3) is 0 Å². The topological polar surface area (TPSA) is 29.5 Å². The number of rotatable bonds is 5. The minimum Gasteiger partial charge on any atom is -0.388 e. The van der Waals surface area contributed by atoms with Crippen LogP contribution in [0.2, 0.25) is 0 Å². The summed E-state index contributed by atoms with van der Waals surface area (Å²) < 4.78 is 18.5. The molecule has 0 bridgehead atoms. The van der Waals surface area contributed by atoms with Gasteiger partial charge in [-0.25, -0.2) is 4.39 Å². The molecule has 0 fully saturated rings. The molecule has 1 N–H and O–H groups in total. The first kappa shape index (κ1) is 14.1. The molecular weight excluding hydrogens is 219 g/mol. The van der Waals surface area contributed by atoms with Crippen molar-refractivity contribution in [2.45, 2.75) is 45.3 Å². The zero-order valence-corrected chi connectivity index (χ0v) is 11.0. The summed E-state index contributed by atoms with van der Waals surface area (Å²) in [5.41, 5.74) is 1.20. The molecule has 3 heteroatoms. The molecule has 0 amide bonds. The fraction of sp³-hybridized carbons (Fsp3) is 0.571. The normalized spacial score (nSPS) is 13.8. The second-order valence-corrected chi connectivity index (χ2v) is 5.08. The number of hydrogen-bond acceptors (Lipinski definition) is 2. The van der Waals surface area contributed by atoms with E-state index in [1.807, 2.05) is 26.8 Å². The Bertz CT molecular complexity index is 354. The highest BCUT2D eigenvalue weighted by Gasteiger charge is 2.19. The van der Waals surface area contributed by atoms with Crippen molar-refractivity contribution < 1.29 is 14.2 Å². The highest BCUT2D eigenvalue weighted by Crippen LogP contribution is 2.25. The highest BCUT2D eigenvalue weighted by molar-refractivity contribution is 5.25. The van der Waals surface area contributed by atoms with Crippen LogP contribution < -0.4 is 0 Å². The minimum absolute atomic E-state index is 0.261. The molecule has 1 unspecified atom stereocenters. The van der Waals surface area contributed by atoms with E-state index in [9.17, 15) is 9.50 Å². The quantitative estimate of drug-likeness (QED) is 0.855. The molecule has 0 aromatic heterocycles. The zero-order chi connectivity index (χ0) is 13.1. The van der Waals surface area contributed by atoms with Crippen LogP contribution >= 0.6 is 0 Å². The van der Waals surface area contributed by atoms with Gasteiger partial charge in [0.2, 0.25) is 0 Å². The van der Waals surface area contributed by atoms with Crippen LogP contribution in [0.15, 0.2) is 18.2 Å². The Kier molecular flexibility index (Phi) is 4.66. The second kappa shape index (κ2) is 5.61. The van der Waals surface area contributed by atoms with Crippen molar-refractivity contribution in [2.24, 2.45) is 0 Å². The monoisotopic (exact) mass is 240 g/mol. The molecule has 1 aromatic rings. The van der Waals surface area contributed by atoms with Gasteiger partial charge >= 0.3 is 0 Å². The number of methoxy groups -OCH3 is 1. The predicted octanol–water partition coefficient (Wildman–Crippen LogP) is 3.37. The Balaban J connectivity index is 2.67. The molecular formula is C14H21FO2. The average Bonchev–Trinajstić information content (AvgIpc) is 2.24. The first-order chi connectivity index (χ1) is 7.84. The van der Waals surface area contributed by atoms with Gasteiger partial charge in [0.1, 0.15) is 5.82 Å². The lowest BCUT2D eigenvalue weighted by Gasteiger charge is -2.24. The maximum absolute atomic E-state index is 13.2. The van der Waals surface area contributed by atoms with Crippen LogP contribution in [-0.4, -0.2) is 17.8 Å². The minimum atomic E-state index is -0.640. The molecule has 1 atom stereocenters. The Labute approximate surface area is 102 Å². The van der Waals surface area contributed by atoms with E-state index >= 15 is 0 Å². The van der Waals surface area contributed by atoms with Crippen molar-refractivity contribution >= 4 is 0 Å². The Morgan fingerprint density at radius 3 is 2.53 bits per heavy atom. The SMILES string of the molecule is COC(C)(C)CCC(O)c1cc(C)cc(F)c1. The van der Waals surface area contributed by atoms with Crippen LogP contribution in [0.4, 0.5) is 4.39 Å². The van der Waals surface area contributed by atoms with Crippen LogP contribution in [0, 0.1) is 12.7 Å². The fourth-order valence-electron chi connectivity index (χ4n) is 1.71. The number of aliphatic hydroxyl groups is 1. The maximum Gasteiger partial charge on any atom is 0.123 e. The number of aliphatic hydroxyl groups excluding tert-OH is 1. The summed E-state index contributed by atoms with van der Waals surface area (Å²) in [6.07, 6.45) is 0.642. The first-order valence-electron chi connectivity index (χ1n) is 5.84. The van der Waals surface area contributed by atoms with Crippen molar-refractivity contribution in [1.82, 2.24) is 0 Å². The second-order valence-electron chi connectivity index (χ2n) is 5.08. The molecule has 1 rings (SSSR count). The van der Waals surface area contributed by atoms with Gasteiger partial charge < -0.3 is 9.84 Å². The smallest absolute Gasteiger partial charge is 0.123 e. The summed E-state index contributed by atoms with van der Waals surface area (Å²) in [6, 6.07) is 4.65. The molecule has 0 saturated carbocycles. The van der Waals surface area contributed by atoms with Crippen molar-refractivity contribution in [3.8, 4) is 0 Å². The van der Waals surface area contributed by atoms with E-state index in [0.717, 1.165) is 12.0 Å². The molecule has 2 nitrogen and oxygen atoms in total. The third kappa shape index (κ3) is 4.44. The van der Waals surface area contributed by atoms with Gasteiger partial charge in [-0.15, -0.1) is 0 Å². The van der Waals surface area contributed by atoms with Gasteiger partial charge in [-0.1, -0.05) is 6.07 Å². The Hall–Kier alpha value is -0.930. The van der Waals surface area contributed by atoms with Crippen LogP contribution in [0.5, 0.6) is 0 Å². The number of halogens is 1. The van der Waals surface area contributed by atoms with Gasteiger partial charge in [-0.05, 0) is 56.9 Å². The third-order valence-electron chi connectivity index (χ3n) is 3.02. The maximum atomic E-state index is 13.2. The highest BCUT2D eigenvalue weighted by atomic mass is 19.1. The van der Waals surface area contributed by atoms with Crippen LogP contribution in [-0.2, 0) is 4.74 Å². The molecule has 0 aliphatic carbocycles. The summed E-state index contributed by atoms with van der Waals surface area (Å²) in [5.74, 6) is -0.301. The van der Waals surface area contributed by atoms with Gasteiger partial charge in [-0.3, -0.25) is 0 Å². The Morgan fingerprint density at radius 2 is 2.00 bits per heavy atom. The molecule has 0 radical (unpaired) electrons. The van der Waals surface area contributed by atoms with Gasteiger partial charge in [0.05, 0.1) is 11.7 Å². The van der Waals surface area contributed by atoms with Gasteiger partial charge in [0.15, 0.2) is 0 Å². The lowest BCUT2D eigenvalue weighted by Crippen LogP contribution is -2.23. The van der Waals surface area contributed by atoms with E-state index in [1.54, 1.807) is 7.11 Å². The molecule has 96 valence electrons. The van der Waals surface area contributed by atoms with E-state index in [1.165, 1.54) is 12.1 Å². The summed E-state index contributed by atoms with van der Waals surface area (Å²) in [5, 5.41) is 10.0. The molecule has 0 heterocycles. The summed E-state index contributed by atoms with van der Waals surface area (Å²) >= 11 is 0. The van der Waals surface area contributed by atoms with Gasteiger partial charge in [-0.2, -0.15) is 0 Å². The van der Waals surface area contributed by atoms with Crippen LogP contribution in [0.1, 0.15) is 43.9 Å². The molecule has 0 aliphatic rings. The number of ether oxygens (including phenoxy) is 1. The van der Waals surface area contributed by atoms with E-state index in [0.29, 0.717) is 12.0 Å². The van der Waals surface area contributed by atoms with E-state index in [4.69, 9.17) is 4.74 Å². The molecule has 0 spiro atoms. The number of benzene rings is 1. The Morgan fingerprint density at radius 1 is 1.35 bits per heavy atom. The third-order valence-corrected chi connectivity index (χ3v) is 3.02.